The zero-order chi connectivity index (χ0) is 21.0. The highest BCUT2D eigenvalue weighted by molar-refractivity contribution is 7.14. The number of carbonyl (C=O) groups is 1. The van der Waals surface area contributed by atoms with E-state index in [9.17, 15) is 4.79 Å². The SMILES string of the molecule is CCc1sc(C(=O)CCc2ccc(OCCO)cc2OC)c2c1CC(C)(C)CC2. The largest absolute Gasteiger partial charge is 0.496 e. The summed E-state index contributed by atoms with van der Waals surface area (Å²) in [5, 5.41) is 8.90. The van der Waals surface area contributed by atoms with E-state index in [4.69, 9.17) is 14.6 Å². The van der Waals surface area contributed by atoms with Crippen molar-refractivity contribution in [2.24, 2.45) is 5.41 Å². The molecule has 5 heteroatoms. The Hall–Kier alpha value is -1.85. The number of ketones is 1. The molecule has 1 aliphatic rings. The van der Waals surface area contributed by atoms with Crippen molar-refractivity contribution in [1.82, 2.24) is 0 Å². The molecule has 1 aliphatic carbocycles. The Morgan fingerprint density at radius 1 is 1.28 bits per heavy atom. The smallest absolute Gasteiger partial charge is 0.173 e. The van der Waals surface area contributed by atoms with E-state index in [2.05, 4.69) is 20.8 Å². The highest BCUT2D eigenvalue weighted by atomic mass is 32.1. The molecule has 1 heterocycles. The van der Waals surface area contributed by atoms with Crippen molar-refractivity contribution in [3.05, 3.63) is 44.6 Å². The fraction of sp³-hybridized carbons (Fsp3) is 0.542. The van der Waals surface area contributed by atoms with Crippen molar-refractivity contribution >= 4 is 17.1 Å². The molecule has 158 valence electrons. The van der Waals surface area contributed by atoms with Gasteiger partial charge < -0.3 is 14.6 Å². The molecule has 0 saturated heterocycles. The van der Waals surface area contributed by atoms with Gasteiger partial charge in [-0.05, 0) is 60.3 Å². The fourth-order valence-electron chi connectivity index (χ4n) is 4.11. The van der Waals surface area contributed by atoms with E-state index < -0.39 is 0 Å². The highest BCUT2D eigenvalue weighted by Gasteiger charge is 2.31. The second kappa shape index (κ2) is 9.31. The molecule has 0 aliphatic heterocycles. The van der Waals surface area contributed by atoms with Crippen LogP contribution in [-0.2, 0) is 25.7 Å². The summed E-state index contributed by atoms with van der Waals surface area (Å²) in [4.78, 5) is 15.5. The zero-order valence-electron chi connectivity index (χ0n) is 18.0. The van der Waals surface area contributed by atoms with Crippen molar-refractivity contribution in [2.45, 2.75) is 59.3 Å². The average Bonchev–Trinajstić information content (AvgIpc) is 3.07. The summed E-state index contributed by atoms with van der Waals surface area (Å²) in [6, 6.07) is 5.63. The van der Waals surface area contributed by atoms with Gasteiger partial charge in [0.1, 0.15) is 18.1 Å². The molecular weight excluding hydrogens is 384 g/mol. The number of Topliss-reactive ketones (excluding diaryl/α,β-unsaturated/α-hetero) is 1. The Kier molecular flexibility index (Phi) is 7.01. The third kappa shape index (κ3) is 5.01. The Balaban J connectivity index is 1.74. The molecule has 0 radical (unpaired) electrons. The van der Waals surface area contributed by atoms with Crippen LogP contribution >= 0.6 is 11.3 Å². The molecule has 29 heavy (non-hydrogen) atoms. The molecule has 0 amide bonds. The zero-order valence-corrected chi connectivity index (χ0v) is 18.8. The number of aliphatic hydroxyl groups excluding tert-OH is 1. The lowest BCUT2D eigenvalue weighted by Gasteiger charge is -2.30. The number of hydrogen-bond donors (Lipinski definition) is 1. The molecular formula is C24H32O4S. The van der Waals surface area contributed by atoms with Crippen LogP contribution in [0.3, 0.4) is 0 Å². The molecule has 0 spiro atoms. The Morgan fingerprint density at radius 3 is 2.76 bits per heavy atom. The molecule has 4 nitrogen and oxygen atoms in total. The fourth-order valence-corrected chi connectivity index (χ4v) is 5.38. The minimum atomic E-state index is -0.0271. The molecule has 2 aromatic rings. The van der Waals surface area contributed by atoms with Crippen LogP contribution in [0.2, 0.25) is 0 Å². The number of fused-ring (bicyclic) bond motifs is 1. The van der Waals surface area contributed by atoms with Gasteiger partial charge in [0.2, 0.25) is 0 Å². The number of benzene rings is 1. The Morgan fingerprint density at radius 2 is 2.07 bits per heavy atom. The number of aliphatic hydroxyl groups is 1. The van der Waals surface area contributed by atoms with E-state index in [1.54, 1.807) is 18.4 Å². The van der Waals surface area contributed by atoms with Crippen LogP contribution in [-0.4, -0.2) is 31.2 Å². The third-order valence-corrected chi connectivity index (χ3v) is 7.18. The van der Waals surface area contributed by atoms with Gasteiger partial charge >= 0.3 is 0 Å². The predicted molar refractivity (Wildman–Crippen MR) is 118 cm³/mol. The lowest BCUT2D eigenvalue weighted by molar-refractivity contribution is 0.0985. The molecule has 0 atom stereocenters. The number of thiophene rings is 1. The van der Waals surface area contributed by atoms with Crippen LogP contribution in [0.25, 0.3) is 0 Å². The summed E-state index contributed by atoms with van der Waals surface area (Å²) in [6.45, 7) is 7.07. The second-order valence-electron chi connectivity index (χ2n) is 8.47. The maximum atomic E-state index is 13.1. The van der Waals surface area contributed by atoms with Crippen molar-refractivity contribution in [1.29, 1.82) is 0 Å². The number of carbonyl (C=O) groups excluding carboxylic acids is 1. The maximum absolute atomic E-state index is 13.1. The van der Waals surface area contributed by atoms with Gasteiger partial charge in [0.05, 0.1) is 18.6 Å². The van der Waals surface area contributed by atoms with E-state index in [-0.39, 0.29) is 19.0 Å². The van der Waals surface area contributed by atoms with E-state index in [1.807, 2.05) is 18.2 Å². The van der Waals surface area contributed by atoms with Crippen LogP contribution in [0, 0.1) is 5.41 Å². The second-order valence-corrected chi connectivity index (χ2v) is 9.58. The monoisotopic (exact) mass is 416 g/mol. The molecule has 1 aromatic carbocycles. The Bertz CT molecular complexity index is 866. The van der Waals surface area contributed by atoms with Gasteiger partial charge in [-0.2, -0.15) is 0 Å². The number of ether oxygens (including phenoxy) is 2. The number of methoxy groups -OCH3 is 1. The molecule has 1 N–H and O–H groups in total. The van der Waals surface area contributed by atoms with E-state index in [0.29, 0.717) is 24.0 Å². The number of hydrogen-bond acceptors (Lipinski definition) is 5. The van der Waals surface area contributed by atoms with Crippen molar-refractivity contribution in [3.8, 4) is 11.5 Å². The van der Waals surface area contributed by atoms with Gasteiger partial charge in [-0.1, -0.05) is 26.8 Å². The molecule has 1 aromatic heterocycles. The van der Waals surface area contributed by atoms with Crippen molar-refractivity contribution < 1.29 is 19.4 Å². The van der Waals surface area contributed by atoms with Crippen LogP contribution in [0.5, 0.6) is 11.5 Å². The van der Waals surface area contributed by atoms with Gasteiger partial charge in [0, 0.05) is 17.4 Å². The quantitative estimate of drug-likeness (QED) is 0.583. The first-order valence-corrected chi connectivity index (χ1v) is 11.3. The van der Waals surface area contributed by atoms with E-state index in [0.717, 1.165) is 41.9 Å². The summed E-state index contributed by atoms with van der Waals surface area (Å²) in [5.74, 6) is 1.62. The number of aryl methyl sites for hydroxylation is 2. The van der Waals surface area contributed by atoms with Gasteiger partial charge in [-0.3, -0.25) is 4.79 Å². The third-order valence-electron chi connectivity index (χ3n) is 5.72. The van der Waals surface area contributed by atoms with Crippen LogP contribution in [0.1, 0.15) is 64.9 Å². The average molecular weight is 417 g/mol. The van der Waals surface area contributed by atoms with Gasteiger partial charge in [-0.15, -0.1) is 11.3 Å². The Labute approximate surface area is 177 Å². The highest BCUT2D eigenvalue weighted by Crippen LogP contribution is 2.42. The first-order valence-electron chi connectivity index (χ1n) is 10.5. The lowest BCUT2D eigenvalue weighted by atomic mass is 9.74. The minimum Gasteiger partial charge on any atom is -0.496 e. The molecule has 0 fully saturated rings. The van der Waals surface area contributed by atoms with E-state index in [1.165, 1.54) is 16.0 Å². The standard InChI is InChI=1S/C24H32O4S/c1-5-22-19-15-24(2,3)11-10-18(19)23(29-22)20(26)9-7-16-6-8-17(28-13-12-25)14-21(16)27-4/h6,8,14,25H,5,7,9-13,15H2,1-4H3. The van der Waals surface area contributed by atoms with Crippen molar-refractivity contribution in [2.75, 3.05) is 20.3 Å². The number of rotatable bonds is 9. The van der Waals surface area contributed by atoms with Gasteiger partial charge in [0.15, 0.2) is 5.78 Å². The first kappa shape index (κ1) is 21.8. The molecule has 0 saturated carbocycles. The summed E-state index contributed by atoms with van der Waals surface area (Å²) in [7, 11) is 1.63. The lowest BCUT2D eigenvalue weighted by Crippen LogP contribution is -2.22. The van der Waals surface area contributed by atoms with Crippen molar-refractivity contribution in [3.63, 3.8) is 0 Å². The summed E-state index contributed by atoms with van der Waals surface area (Å²) in [6.07, 6.45) is 5.36. The summed E-state index contributed by atoms with van der Waals surface area (Å²) in [5.41, 5.74) is 4.08. The van der Waals surface area contributed by atoms with Crippen LogP contribution < -0.4 is 9.47 Å². The van der Waals surface area contributed by atoms with Crippen LogP contribution in [0.4, 0.5) is 0 Å². The molecule has 0 bridgehead atoms. The predicted octanol–water partition coefficient (Wildman–Crippen LogP) is 5.02. The normalized spacial score (nSPS) is 15.1. The summed E-state index contributed by atoms with van der Waals surface area (Å²) < 4.78 is 10.9. The van der Waals surface area contributed by atoms with E-state index >= 15 is 0 Å². The maximum Gasteiger partial charge on any atom is 0.173 e. The first-order chi connectivity index (χ1) is 13.9. The molecule has 0 unspecified atom stereocenters. The molecule has 3 rings (SSSR count). The van der Waals surface area contributed by atoms with Crippen LogP contribution in [0.15, 0.2) is 18.2 Å². The summed E-state index contributed by atoms with van der Waals surface area (Å²) >= 11 is 1.72. The topological polar surface area (TPSA) is 55.8 Å². The van der Waals surface area contributed by atoms with Gasteiger partial charge in [-0.25, -0.2) is 0 Å². The van der Waals surface area contributed by atoms with Gasteiger partial charge in [0.25, 0.3) is 0 Å². The minimum absolute atomic E-state index is 0.0271.